The highest BCUT2D eigenvalue weighted by atomic mass is 16.6. The zero-order chi connectivity index (χ0) is 16.1. The van der Waals surface area contributed by atoms with Crippen LogP contribution in [-0.4, -0.2) is 28.6 Å². The van der Waals surface area contributed by atoms with Gasteiger partial charge in [-0.2, -0.15) is 0 Å². The van der Waals surface area contributed by atoms with E-state index in [1.807, 2.05) is 0 Å². The molecule has 2 rings (SSSR count). The lowest BCUT2D eigenvalue weighted by Gasteiger charge is -2.09. The third-order valence-corrected chi connectivity index (χ3v) is 2.72. The number of carboxylic acid groups (broad SMARTS) is 1. The van der Waals surface area contributed by atoms with Crippen LogP contribution in [0, 0.1) is 0 Å². The summed E-state index contributed by atoms with van der Waals surface area (Å²) in [5.41, 5.74) is -0.0237. The molecule has 0 radical (unpaired) electrons. The van der Waals surface area contributed by atoms with Gasteiger partial charge >= 0.3 is 12.1 Å². The third-order valence-electron chi connectivity index (χ3n) is 2.72. The average Bonchev–Trinajstić information content (AvgIpc) is 2.49. The van der Waals surface area contributed by atoms with Gasteiger partial charge in [-0.25, -0.2) is 9.59 Å². The summed E-state index contributed by atoms with van der Waals surface area (Å²) in [6, 6.07) is 9.69. The minimum absolute atomic E-state index is 0.0761. The summed E-state index contributed by atoms with van der Waals surface area (Å²) in [6.45, 7) is 0. The Balaban J connectivity index is 2.14. The first-order valence-corrected chi connectivity index (χ1v) is 6.10. The highest BCUT2D eigenvalue weighted by molar-refractivity contribution is 5.94. The molecule has 1 amide bonds. The number of aromatic carboxylic acids is 1. The largest absolute Gasteiger partial charge is 0.507 e. The molecule has 0 heterocycles. The Kier molecular flexibility index (Phi) is 4.38. The molecule has 2 aromatic rings. The highest BCUT2D eigenvalue weighted by Crippen LogP contribution is 2.22. The maximum Gasteiger partial charge on any atom is 0.417 e. The molecule has 3 N–H and O–H groups in total. The van der Waals surface area contributed by atoms with E-state index in [4.69, 9.17) is 9.84 Å². The second-order valence-electron chi connectivity index (χ2n) is 4.21. The van der Waals surface area contributed by atoms with Gasteiger partial charge in [0.1, 0.15) is 17.1 Å². The topological polar surface area (TPSA) is 113 Å². The van der Waals surface area contributed by atoms with Gasteiger partial charge in [-0.3, -0.25) is 10.1 Å². The van der Waals surface area contributed by atoms with Crippen LogP contribution < -0.4 is 10.1 Å². The van der Waals surface area contributed by atoms with E-state index in [-0.39, 0.29) is 22.6 Å². The SMILES string of the molecule is O=Cc1ccccc1OC(=O)Nc1ccc(O)c(C(=O)O)c1. The summed E-state index contributed by atoms with van der Waals surface area (Å²) in [5, 5.41) is 20.6. The first-order chi connectivity index (χ1) is 10.5. The van der Waals surface area contributed by atoms with E-state index in [9.17, 15) is 19.5 Å². The van der Waals surface area contributed by atoms with Crippen molar-refractivity contribution < 1.29 is 29.3 Å². The summed E-state index contributed by atoms with van der Waals surface area (Å²) in [7, 11) is 0. The van der Waals surface area contributed by atoms with Crippen molar-refractivity contribution in [1.29, 1.82) is 0 Å². The number of rotatable bonds is 4. The standard InChI is InChI=1S/C15H11NO6/c17-8-9-3-1-2-4-13(9)22-15(21)16-10-5-6-12(18)11(7-10)14(19)20/h1-8,18H,(H,16,21)(H,19,20). The Labute approximate surface area is 124 Å². The van der Waals surface area contributed by atoms with Crippen LogP contribution in [0.1, 0.15) is 20.7 Å². The summed E-state index contributed by atoms with van der Waals surface area (Å²) in [4.78, 5) is 33.5. The molecule has 0 aliphatic carbocycles. The van der Waals surface area contributed by atoms with Gasteiger partial charge in [-0.15, -0.1) is 0 Å². The first-order valence-electron chi connectivity index (χ1n) is 6.10. The highest BCUT2D eigenvalue weighted by Gasteiger charge is 2.13. The van der Waals surface area contributed by atoms with Gasteiger partial charge in [-0.1, -0.05) is 12.1 Å². The molecule has 0 bridgehead atoms. The molecule has 0 aliphatic heterocycles. The van der Waals surface area contributed by atoms with Gasteiger partial charge in [0.2, 0.25) is 0 Å². The molecule has 0 atom stereocenters. The van der Waals surface area contributed by atoms with Crippen molar-refractivity contribution in [2.24, 2.45) is 0 Å². The molecule has 0 saturated carbocycles. The Hall–Kier alpha value is -3.35. The number of carbonyl (C=O) groups excluding carboxylic acids is 2. The predicted molar refractivity (Wildman–Crippen MR) is 76.5 cm³/mol. The van der Waals surface area contributed by atoms with Gasteiger partial charge in [0.15, 0.2) is 6.29 Å². The number of phenols is 1. The van der Waals surface area contributed by atoms with Crippen LogP contribution in [0.15, 0.2) is 42.5 Å². The number of carboxylic acids is 1. The fourth-order valence-corrected chi connectivity index (χ4v) is 1.70. The van der Waals surface area contributed by atoms with Gasteiger partial charge in [0, 0.05) is 5.69 Å². The van der Waals surface area contributed by atoms with E-state index in [0.29, 0.717) is 6.29 Å². The fraction of sp³-hybridized carbons (Fsp3) is 0. The summed E-state index contributed by atoms with van der Waals surface area (Å²) < 4.78 is 4.98. The van der Waals surface area contributed by atoms with E-state index in [0.717, 1.165) is 12.1 Å². The van der Waals surface area contributed by atoms with Crippen LogP contribution >= 0.6 is 0 Å². The molecular formula is C15H11NO6. The normalized spacial score (nSPS) is 9.82. The monoisotopic (exact) mass is 301 g/mol. The molecule has 0 aromatic heterocycles. The van der Waals surface area contributed by atoms with Gasteiger partial charge in [0.25, 0.3) is 0 Å². The molecule has 22 heavy (non-hydrogen) atoms. The number of anilines is 1. The molecule has 2 aromatic carbocycles. The van der Waals surface area contributed by atoms with Crippen molar-refractivity contribution in [3.8, 4) is 11.5 Å². The number of amides is 1. The van der Waals surface area contributed by atoms with E-state index in [2.05, 4.69) is 5.32 Å². The second kappa shape index (κ2) is 6.40. The van der Waals surface area contributed by atoms with Crippen molar-refractivity contribution in [2.45, 2.75) is 0 Å². The zero-order valence-corrected chi connectivity index (χ0v) is 11.1. The third kappa shape index (κ3) is 3.40. The lowest BCUT2D eigenvalue weighted by Crippen LogP contribution is -2.17. The van der Waals surface area contributed by atoms with Crippen LogP contribution in [0.4, 0.5) is 10.5 Å². The van der Waals surface area contributed by atoms with Crippen LogP contribution in [0.25, 0.3) is 0 Å². The number of hydrogen-bond donors (Lipinski definition) is 3. The first kappa shape index (κ1) is 15.0. The molecular weight excluding hydrogens is 290 g/mol. The minimum Gasteiger partial charge on any atom is -0.507 e. The van der Waals surface area contributed by atoms with Crippen molar-refractivity contribution in [3.63, 3.8) is 0 Å². The molecule has 0 unspecified atom stereocenters. The van der Waals surface area contributed by atoms with Gasteiger partial charge < -0.3 is 14.9 Å². The van der Waals surface area contributed by atoms with Crippen LogP contribution in [-0.2, 0) is 0 Å². The molecule has 7 heteroatoms. The Morgan fingerprint density at radius 2 is 1.86 bits per heavy atom. The molecule has 0 fully saturated rings. The van der Waals surface area contributed by atoms with Crippen molar-refractivity contribution >= 4 is 24.0 Å². The molecule has 112 valence electrons. The Bertz CT molecular complexity index is 741. The fourth-order valence-electron chi connectivity index (χ4n) is 1.70. The molecule has 0 saturated heterocycles. The van der Waals surface area contributed by atoms with E-state index >= 15 is 0 Å². The van der Waals surface area contributed by atoms with Crippen molar-refractivity contribution in [1.82, 2.24) is 0 Å². The van der Waals surface area contributed by atoms with E-state index in [1.165, 1.54) is 18.2 Å². The number of nitrogens with one attached hydrogen (secondary N) is 1. The Morgan fingerprint density at radius 1 is 1.14 bits per heavy atom. The Morgan fingerprint density at radius 3 is 2.55 bits per heavy atom. The number of para-hydroxylation sites is 1. The lowest BCUT2D eigenvalue weighted by molar-refractivity contribution is 0.0693. The molecule has 7 nitrogen and oxygen atoms in total. The second-order valence-corrected chi connectivity index (χ2v) is 4.21. The average molecular weight is 301 g/mol. The number of aldehydes is 1. The number of carbonyl (C=O) groups is 3. The van der Waals surface area contributed by atoms with Gasteiger partial charge in [-0.05, 0) is 30.3 Å². The maximum absolute atomic E-state index is 11.8. The summed E-state index contributed by atoms with van der Waals surface area (Å²) in [6.07, 6.45) is -0.345. The molecule has 0 spiro atoms. The quantitative estimate of drug-likeness (QED) is 0.590. The lowest BCUT2D eigenvalue weighted by atomic mass is 10.2. The number of ether oxygens (including phenoxy) is 1. The van der Waals surface area contributed by atoms with E-state index in [1.54, 1.807) is 12.1 Å². The van der Waals surface area contributed by atoms with Crippen molar-refractivity contribution in [3.05, 3.63) is 53.6 Å². The van der Waals surface area contributed by atoms with Crippen LogP contribution in [0.3, 0.4) is 0 Å². The molecule has 0 aliphatic rings. The number of hydrogen-bond acceptors (Lipinski definition) is 5. The summed E-state index contributed by atoms with van der Waals surface area (Å²) in [5.74, 6) is -1.68. The van der Waals surface area contributed by atoms with E-state index < -0.39 is 17.8 Å². The smallest absolute Gasteiger partial charge is 0.417 e. The number of benzene rings is 2. The summed E-state index contributed by atoms with van der Waals surface area (Å²) >= 11 is 0. The maximum atomic E-state index is 11.8. The number of aromatic hydroxyl groups is 1. The zero-order valence-electron chi connectivity index (χ0n) is 11.1. The van der Waals surface area contributed by atoms with Gasteiger partial charge in [0.05, 0.1) is 5.56 Å². The minimum atomic E-state index is -1.33. The van der Waals surface area contributed by atoms with Crippen LogP contribution in [0.2, 0.25) is 0 Å². The van der Waals surface area contributed by atoms with Crippen molar-refractivity contribution in [2.75, 3.05) is 5.32 Å². The predicted octanol–water partition coefficient (Wildman–Crippen LogP) is 2.51. The van der Waals surface area contributed by atoms with Crippen LogP contribution in [0.5, 0.6) is 11.5 Å².